The maximum atomic E-state index is 10.9. The Morgan fingerprint density at radius 1 is 1.00 bits per heavy atom. The van der Waals surface area contributed by atoms with Gasteiger partial charge in [0.05, 0.1) is 13.7 Å². The zero-order chi connectivity index (χ0) is 20.9. The van der Waals surface area contributed by atoms with Crippen LogP contribution in [0, 0.1) is 0 Å². The zero-order valence-electron chi connectivity index (χ0n) is 16.3. The second kappa shape index (κ2) is 12.3. The quantitative estimate of drug-likeness (QED) is 0.524. The van der Waals surface area contributed by atoms with Crippen LogP contribution in [0.2, 0.25) is 0 Å². The Kier molecular flexibility index (Phi) is 10.1. The summed E-state index contributed by atoms with van der Waals surface area (Å²) in [7, 11) is 1.57. The van der Waals surface area contributed by atoms with Gasteiger partial charge in [-0.2, -0.15) is 0 Å². The predicted molar refractivity (Wildman–Crippen MR) is 104 cm³/mol. The molecule has 0 radical (unpaired) electrons. The highest BCUT2D eigenvalue weighted by Gasteiger charge is 2.15. The van der Waals surface area contributed by atoms with E-state index < -0.39 is 12.1 Å². The fraction of sp³-hybridized carbons (Fsp3) is 0.333. The molecule has 0 bridgehead atoms. The highest BCUT2D eigenvalue weighted by atomic mass is 16.5. The summed E-state index contributed by atoms with van der Waals surface area (Å²) in [6, 6.07) is 13.4. The van der Waals surface area contributed by atoms with E-state index in [1.807, 2.05) is 6.92 Å². The maximum Gasteiger partial charge on any atom is 0.337 e. The highest BCUT2D eigenvalue weighted by Crippen LogP contribution is 2.19. The average molecular weight is 390 g/mol. The molecular weight excluding hydrogens is 364 g/mol. The minimum absolute atomic E-state index is 0.242. The number of hydrogen-bond donors (Lipinski definition) is 2. The number of carboxylic acid groups (broad SMARTS) is 1. The van der Waals surface area contributed by atoms with E-state index in [9.17, 15) is 14.7 Å². The van der Waals surface area contributed by atoms with Crippen LogP contribution in [0.1, 0.15) is 38.4 Å². The van der Waals surface area contributed by atoms with Crippen molar-refractivity contribution in [3.05, 3.63) is 54.1 Å². The largest absolute Gasteiger partial charge is 0.497 e. The van der Waals surface area contributed by atoms with Gasteiger partial charge in [0.2, 0.25) is 0 Å². The molecule has 0 heterocycles. The number of esters is 1. The first kappa shape index (κ1) is 23.0. The number of benzene rings is 2. The molecule has 0 aliphatic carbocycles. The molecule has 1 unspecified atom stereocenters. The third-order valence-electron chi connectivity index (χ3n) is 3.46. The van der Waals surface area contributed by atoms with Crippen molar-refractivity contribution in [3.8, 4) is 17.2 Å². The fourth-order valence-corrected chi connectivity index (χ4v) is 1.98. The van der Waals surface area contributed by atoms with Gasteiger partial charge in [-0.15, -0.1) is 0 Å². The summed E-state index contributed by atoms with van der Waals surface area (Å²) >= 11 is 0. The molecular formula is C21H26O7. The number of hydrogen-bond acceptors (Lipinski definition) is 6. The van der Waals surface area contributed by atoms with Crippen LogP contribution >= 0.6 is 0 Å². The lowest BCUT2D eigenvalue weighted by molar-refractivity contribution is -0.147. The van der Waals surface area contributed by atoms with Crippen LogP contribution in [-0.4, -0.2) is 35.9 Å². The molecule has 2 rings (SSSR count). The first-order valence-corrected chi connectivity index (χ1v) is 8.89. The smallest absolute Gasteiger partial charge is 0.337 e. The van der Waals surface area contributed by atoms with Crippen molar-refractivity contribution >= 4 is 11.9 Å². The molecule has 7 nitrogen and oxygen atoms in total. The molecule has 0 spiro atoms. The molecule has 0 fully saturated rings. The van der Waals surface area contributed by atoms with Gasteiger partial charge < -0.3 is 24.4 Å². The summed E-state index contributed by atoms with van der Waals surface area (Å²) in [6.07, 6.45) is -0.179. The highest BCUT2D eigenvalue weighted by molar-refractivity contribution is 5.74. The number of rotatable bonds is 8. The van der Waals surface area contributed by atoms with E-state index in [2.05, 4.69) is 0 Å². The normalized spacial score (nSPS) is 10.9. The number of aliphatic hydroxyl groups is 1. The number of carbonyl (C=O) groups excluding carboxylic acids is 1. The van der Waals surface area contributed by atoms with Gasteiger partial charge in [0.15, 0.2) is 6.10 Å². The first-order chi connectivity index (χ1) is 13.4. The molecule has 2 aromatic carbocycles. The lowest BCUT2D eigenvalue weighted by atomic mass is 10.1. The summed E-state index contributed by atoms with van der Waals surface area (Å²) in [4.78, 5) is 21.4. The van der Waals surface area contributed by atoms with E-state index in [0.717, 1.165) is 6.42 Å². The number of aliphatic hydroxyl groups excluding tert-OH is 1. The van der Waals surface area contributed by atoms with Gasteiger partial charge in [-0.25, -0.2) is 4.79 Å². The molecule has 28 heavy (non-hydrogen) atoms. The molecule has 1 atom stereocenters. The van der Waals surface area contributed by atoms with Crippen molar-refractivity contribution in [3.63, 3.8) is 0 Å². The number of aliphatic carboxylic acids is 1. The minimum atomic E-state index is -1.47. The van der Waals surface area contributed by atoms with Crippen molar-refractivity contribution in [1.29, 1.82) is 0 Å². The molecule has 0 saturated heterocycles. The summed E-state index contributed by atoms with van der Waals surface area (Å²) in [5, 5.41) is 17.8. The van der Waals surface area contributed by atoms with Crippen LogP contribution in [-0.2, 0) is 9.59 Å². The van der Waals surface area contributed by atoms with Gasteiger partial charge in [-0.05, 0) is 36.2 Å². The van der Waals surface area contributed by atoms with Gasteiger partial charge in [0.25, 0.3) is 0 Å². The maximum absolute atomic E-state index is 10.9. The first-order valence-electron chi connectivity index (χ1n) is 8.89. The van der Waals surface area contributed by atoms with E-state index in [1.165, 1.54) is 0 Å². The predicted octanol–water partition coefficient (Wildman–Crippen LogP) is 3.60. The Morgan fingerprint density at radius 2 is 1.64 bits per heavy atom. The SMILES string of the molecule is CCC(=O)Oc1cccc(OC)c1.CCCOc1ccc(C(O)C(=O)O)cc1. The number of ether oxygens (including phenoxy) is 3. The molecule has 0 amide bonds. The van der Waals surface area contributed by atoms with Crippen molar-refractivity contribution in [2.75, 3.05) is 13.7 Å². The van der Waals surface area contributed by atoms with E-state index in [1.54, 1.807) is 62.6 Å². The van der Waals surface area contributed by atoms with Crippen LogP contribution in [0.5, 0.6) is 17.2 Å². The Hall–Kier alpha value is -3.06. The molecule has 0 aliphatic rings. The van der Waals surface area contributed by atoms with Crippen LogP contribution in [0.15, 0.2) is 48.5 Å². The standard InChI is InChI=1S/C11H14O4.C10H12O3/c1-2-7-15-9-5-3-8(4-6-9)10(12)11(13)14;1-3-10(11)13-9-6-4-5-8(7-9)12-2/h3-6,10,12H,2,7H2,1H3,(H,13,14);4-7H,3H2,1-2H3. The molecule has 2 N–H and O–H groups in total. The molecule has 0 saturated carbocycles. The average Bonchev–Trinajstić information content (AvgIpc) is 2.72. The van der Waals surface area contributed by atoms with E-state index in [-0.39, 0.29) is 5.97 Å². The van der Waals surface area contributed by atoms with Crippen LogP contribution < -0.4 is 14.2 Å². The second-order valence-corrected chi connectivity index (χ2v) is 5.66. The number of methoxy groups -OCH3 is 1. The second-order valence-electron chi connectivity index (χ2n) is 5.66. The van der Waals surface area contributed by atoms with E-state index >= 15 is 0 Å². The van der Waals surface area contributed by atoms with Crippen LogP contribution in [0.3, 0.4) is 0 Å². The van der Waals surface area contributed by atoms with Crippen molar-refractivity contribution in [1.82, 2.24) is 0 Å². The third-order valence-corrected chi connectivity index (χ3v) is 3.46. The lowest BCUT2D eigenvalue weighted by Crippen LogP contribution is -2.10. The Labute approximate surface area is 164 Å². The van der Waals surface area contributed by atoms with E-state index in [0.29, 0.717) is 35.8 Å². The van der Waals surface area contributed by atoms with Crippen LogP contribution in [0.4, 0.5) is 0 Å². The van der Waals surface area contributed by atoms with E-state index in [4.69, 9.17) is 19.3 Å². The van der Waals surface area contributed by atoms with Gasteiger partial charge in [0.1, 0.15) is 17.2 Å². The van der Waals surface area contributed by atoms with Gasteiger partial charge in [0, 0.05) is 12.5 Å². The molecule has 152 valence electrons. The van der Waals surface area contributed by atoms with Gasteiger partial charge in [-0.1, -0.05) is 32.0 Å². The monoisotopic (exact) mass is 390 g/mol. The summed E-state index contributed by atoms with van der Waals surface area (Å²) in [5.74, 6) is 0.385. The Balaban J connectivity index is 0.000000283. The van der Waals surface area contributed by atoms with Crippen molar-refractivity contribution in [2.24, 2.45) is 0 Å². The van der Waals surface area contributed by atoms with Gasteiger partial charge >= 0.3 is 11.9 Å². The fourth-order valence-electron chi connectivity index (χ4n) is 1.98. The summed E-state index contributed by atoms with van der Waals surface area (Å²) in [5.41, 5.74) is 0.353. The molecule has 7 heteroatoms. The lowest BCUT2D eigenvalue weighted by Gasteiger charge is -2.07. The summed E-state index contributed by atoms with van der Waals surface area (Å²) < 4.78 is 15.3. The Morgan fingerprint density at radius 3 is 2.18 bits per heavy atom. The number of carbonyl (C=O) groups is 2. The molecule has 0 aromatic heterocycles. The molecule has 2 aromatic rings. The number of carboxylic acids is 1. The van der Waals surface area contributed by atoms with Crippen molar-refractivity contribution < 1.29 is 34.0 Å². The zero-order valence-corrected chi connectivity index (χ0v) is 16.3. The minimum Gasteiger partial charge on any atom is -0.497 e. The molecule has 0 aliphatic heterocycles. The van der Waals surface area contributed by atoms with Crippen LogP contribution in [0.25, 0.3) is 0 Å². The third kappa shape index (κ3) is 8.09. The summed E-state index contributed by atoms with van der Waals surface area (Å²) in [6.45, 7) is 4.38. The Bertz CT molecular complexity index is 741. The van der Waals surface area contributed by atoms with Crippen molar-refractivity contribution in [2.45, 2.75) is 32.8 Å². The topological polar surface area (TPSA) is 102 Å². The van der Waals surface area contributed by atoms with Gasteiger partial charge in [-0.3, -0.25) is 4.79 Å².